The van der Waals surface area contributed by atoms with Gasteiger partial charge in [0.25, 0.3) is 0 Å². The maximum absolute atomic E-state index is 12.8. The van der Waals surface area contributed by atoms with E-state index in [0.29, 0.717) is 17.4 Å². The minimum atomic E-state index is -0.169. The summed E-state index contributed by atoms with van der Waals surface area (Å²) in [5.41, 5.74) is 0.947. The van der Waals surface area contributed by atoms with E-state index >= 15 is 0 Å². The van der Waals surface area contributed by atoms with E-state index in [2.05, 4.69) is 6.92 Å². The molecule has 0 radical (unpaired) electrons. The van der Waals surface area contributed by atoms with E-state index in [0.717, 1.165) is 18.4 Å². The molecule has 0 unspecified atom stereocenters. The molecule has 1 aromatic rings. The van der Waals surface area contributed by atoms with Crippen LogP contribution in [0.25, 0.3) is 0 Å². The van der Waals surface area contributed by atoms with Crippen LogP contribution in [0.2, 0.25) is 0 Å². The Bertz CT molecular complexity index is 593. The van der Waals surface area contributed by atoms with E-state index < -0.39 is 0 Å². The predicted octanol–water partition coefficient (Wildman–Crippen LogP) is 2.80. The molecule has 0 bridgehead atoms. The summed E-state index contributed by atoms with van der Waals surface area (Å²) in [5.74, 6) is 1.64. The first kappa shape index (κ1) is 20.5. The number of carbonyl (C=O) groups excluding carboxylic acids is 1. The van der Waals surface area contributed by atoms with Crippen molar-refractivity contribution in [2.24, 2.45) is 11.8 Å². The third kappa shape index (κ3) is 4.87. The molecule has 0 N–H and O–H groups in total. The number of nitrogens with zero attached hydrogens (tertiary/aromatic N) is 1. The molecule has 1 aromatic carbocycles. The number of amides is 1. The van der Waals surface area contributed by atoms with Gasteiger partial charge >= 0.3 is 0 Å². The molecule has 1 aliphatic rings. The van der Waals surface area contributed by atoms with Gasteiger partial charge in [-0.1, -0.05) is 6.92 Å². The van der Waals surface area contributed by atoms with Crippen LogP contribution >= 0.6 is 0 Å². The van der Waals surface area contributed by atoms with Gasteiger partial charge in [0.1, 0.15) is 11.5 Å². The number of hydroxylamine groups is 2. The van der Waals surface area contributed by atoms with Crippen LogP contribution < -0.4 is 9.47 Å². The van der Waals surface area contributed by atoms with Crippen molar-refractivity contribution in [3.8, 4) is 11.5 Å². The first-order valence-electron chi connectivity index (χ1n) is 8.70. The predicted molar refractivity (Wildman–Crippen MR) is 95.9 cm³/mol. The van der Waals surface area contributed by atoms with Crippen LogP contribution in [0.15, 0.2) is 18.2 Å². The highest BCUT2D eigenvalue weighted by Gasteiger charge is 2.40. The van der Waals surface area contributed by atoms with Gasteiger partial charge in [-0.25, -0.2) is 5.06 Å². The van der Waals surface area contributed by atoms with Crippen LogP contribution in [-0.4, -0.2) is 52.9 Å². The number of ether oxygens (including phenoxy) is 4. The Hall–Kier alpha value is -1.83. The maximum Gasteiger partial charge on any atom is 0.249 e. The molecule has 2 rings (SSSR count). The fourth-order valence-electron chi connectivity index (χ4n) is 3.52. The lowest BCUT2D eigenvalue weighted by Crippen LogP contribution is -2.33. The lowest BCUT2D eigenvalue weighted by Gasteiger charge is -2.25. The van der Waals surface area contributed by atoms with Crippen LogP contribution in [0.3, 0.4) is 0 Å². The lowest BCUT2D eigenvalue weighted by atomic mass is 9.87. The quantitative estimate of drug-likeness (QED) is 0.494. The Labute approximate surface area is 155 Å². The average molecular weight is 367 g/mol. The van der Waals surface area contributed by atoms with E-state index in [1.54, 1.807) is 21.3 Å². The van der Waals surface area contributed by atoms with Gasteiger partial charge in [0.15, 0.2) is 13.6 Å². The van der Waals surface area contributed by atoms with Crippen LogP contribution in [0.5, 0.6) is 11.5 Å². The summed E-state index contributed by atoms with van der Waals surface area (Å²) < 4.78 is 21.3. The molecule has 1 saturated carbocycles. The van der Waals surface area contributed by atoms with Gasteiger partial charge in [0.05, 0.1) is 7.11 Å². The van der Waals surface area contributed by atoms with Crippen LogP contribution in [-0.2, 0) is 19.1 Å². The SMILES string of the molecule is COCOc1ccc(OCOC)c([C@@H]2C[C@H](C)C[C@@H]2C(=O)N(C)OC)c1. The largest absolute Gasteiger partial charge is 0.468 e. The second-order valence-corrected chi connectivity index (χ2v) is 6.61. The normalized spacial score (nSPS) is 22.3. The van der Waals surface area contributed by atoms with E-state index in [1.807, 2.05) is 18.2 Å². The fourth-order valence-corrected chi connectivity index (χ4v) is 3.52. The van der Waals surface area contributed by atoms with Crippen molar-refractivity contribution in [3.63, 3.8) is 0 Å². The van der Waals surface area contributed by atoms with Crippen LogP contribution in [0.4, 0.5) is 0 Å². The number of methoxy groups -OCH3 is 2. The summed E-state index contributed by atoms with van der Waals surface area (Å²) in [4.78, 5) is 17.9. The number of carbonyl (C=O) groups is 1. The second kappa shape index (κ2) is 9.75. The molecule has 1 aliphatic carbocycles. The average Bonchev–Trinajstić information content (AvgIpc) is 3.05. The molecule has 0 saturated heterocycles. The third-order valence-corrected chi connectivity index (χ3v) is 4.76. The standard InChI is InChI=1S/C19H29NO6/c1-13-8-15(17(9-13)19(21)20(2)24-5)16-10-14(25-11-22-3)6-7-18(16)26-12-23-4/h6-7,10,13,15,17H,8-9,11-12H2,1-5H3/t13-,15-,17-/m0/s1. The van der Waals surface area contributed by atoms with Gasteiger partial charge in [-0.15, -0.1) is 0 Å². The highest BCUT2D eigenvalue weighted by molar-refractivity contribution is 5.79. The molecular weight excluding hydrogens is 338 g/mol. The first-order valence-corrected chi connectivity index (χ1v) is 8.70. The molecule has 0 aliphatic heterocycles. The molecule has 0 spiro atoms. The molecule has 146 valence electrons. The number of benzene rings is 1. The zero-order valence-electron chi connectivity index (χ0n) is 16.2. The Morgan fingerprint density at radius 3 is 2.46 bits per heavy atom. The molecule has 3 atom stereocenters. The van der Waals surface area contributed by atoms with Gasteiger partial charge in [-0.05, 0) is 42.9 Å². The van der Waals surface area contributed by atoms with E-state index in [1.165, 1.54) is 12.2 Å². The molecular formula is C19H29NO6. The van der Waals surface area contributed by atoms with Crippen molar-refractivity contribution in [1.82, 2.24) is 5.06 Å². The van der Waals surface area contributed by atoms with Gasteiger partial charge in [-0.3, -0.25) is 9.63 Å². The van der Waals surface area contributed by atoms with Gasteiger partial charge in [0.2, 0.25) is 5.91 Å². The molecule has 1 amide bonds. The minimum Gasteiger partial charge on any atom is -0.468 e. The van der Waals surface area contributed by atoms with E-state index in [4.69, 9.17) is 23.8 Å². The van der Waals surface area contributed by atoms with Crippen molar-refractivity contribution in [2.75, 3.05) is 42.0 Å². The second-order valence-electron chi connectivity index (χ2n) is 6.61. The summed E-state index contributed by atoms with van der Waals surface area (Å²) in [6.07, 6.45) is 1.70. The van der Waals surface area contributed by atoms with Gasteiger partial charge < -0.3 is 18.9 Å². The molecule has 0 aromatic heterocycles. The number of hydrogen-bond donors (Lipinski definition) is 0. The van der Waals surface area contributed by atoms with Crippen molar-refractivity contribution >= 4 is 5.91 Å². The van der Waals surface area contributed by atoms with Crippen molar-refractivity contribution < 1.29 is 28.6 Å². The highest BCUT2D eigenvalue weighted by atomic mass is 16.7. The lowest BCUT2D eigenvalue weighted by molar-refractivity contribution is -0.173. The third-order valence-electron chi connectivity index (χ3n) is 4.76. The monoisotopic (exact) mass is 367 g/mol. The fraction of sp³-hybridized carbons (Fsp3) is 0.632. The summed E-state index contributed by atoms with van der Waals surface area (Å²) in [5, 5.41) is 1.30. The van der Waals surface area contributed by atoms with Crippen molar-refractivity contribution in [3.05, 3.63) is 23.8 Å². The topological polar surface area (TPSA) is 66.5 Å². The molecule has 7 heteroatoms. The Balaban J connectivity index is 2.35. The van der Waals surface area contributed by atoms with Crippen molar-refractivity contribution in [2.45, 2.75) is 25.7 Å². The van der Waals surface area contributed by atoms with Crippen molar-refractivity contribution in [1.29, 1.82) is 0 Å². The van der Waals surface area contributed by atoms with Crippen LogP contribution in [0, 0.1) is 11.8 Å². The zero-order chi connectivity index (χ0) is 19.1. The molecule has 0 heterocycles. The Kier molecular flexibility index (Phi) is 7.68. The smallest absolute Gasteiger partial charge is 0.249 e. The van der Waals surface area contributed by atoms with E-state index in [-0.39, 0.29) is 31.3 Å². The first-order chi connectivity index (χ1) is 12.5. The Morgan fingerprint density at radius 1 is 1.12 bits per heavy atom. The molecule has 1 fully saturated rings. The highest BCUT2D eigenvalue weighted by Crippen LogP contribution is 2.47. The van der Waals surface area contributed by atoms with Gasteiger partial charge in [-0.2, -0.15) is 0 Å². The molecule has 7 nitrogen and oxygen atoms in total. The maximum atomic E-state index is 12.8. The molecule has 26 heavy (non-hydrogen) atoms. The zero-order valence-corrected chi connectivity index (χ0v) is 16.2. The number of rotatable bonds is 9. The van der Waals surface area contributed by atoms with Crippen LogP contribution in [0.1, 0.15) is 31.2 Å². The Morgan fingerprint density at radius 2 is 1.81 bits per heavy atom. The van der Waals surface area contributed by atoms with Gasteiger partial charge in [0, 0.05) is 32.7 Å². The summed E-state index contributed by atoms with van der Waals surface area (Å²) >= 11 is 0. The minimum absolute atomic E-state index is 0.0213. The summed E-state index contributed by atoms with van der Waals surface area (Å²) in [6, 6.07) is 5.60. The van der Waals surface area contributed by atoms with E-state index in [9.17, 15) is 4.79 Å². The summed E-state index contributed by atoms with van der Waals surface area (Å²) in [6.45, 7) is 2.46. The number of hydrogen-bond acceptors (Lipinski definition) is 6. The summed E-state index contributed by atoms with van der Waals surface area (Å²) in [7, 11) is 6.29.